The maximum atomic E-state index is 14.3. The number of methoxy groups -OCH3 is 3. The SMILES string of the molecule is C=C1C[C@H](C)C=C/C=C/C=C(\C)[C@@H](OC)C[C@@H](O)CC[C@@H](C)[C@](C)(O)C(=O)C(=O)N2CCCCC2C(=O)O[C@H]([C@H](C)C[C@@H]2CC[C@@H](O)[C@H](OC)C2)CC(=O)[C@H](C)/C=C(\C)[C@@H](O)[C@](C)(OC)C1=O. The predicted octanol–water partition coefficient (Wildman–Crippen LogP) is 6.52. The van der Waals surface area contributed by atoms with Gasteiger partial charge >= 0.3 is 5.97 Å². The number of hydrogen-bond acceptors (Lipinski definition) is 13. The van der Waals surface area contributed by atoms with E-state index in [4.69, 9.17) is 18.9 Å². The molecule has 14 nitrogen and oxygen atoms in total. The number of rotatable bonds is 6. The van der Waals surface area contributed by atoms with E-state index in [1.54, 1.807) is 41.1 Å². The lowest BCUT2D eigenvalue weighted by Gasteiger charge is -2.38. The zero-order valence-corrected chi connectivity index (χ0v) is 42.2. The standard InChI is InChI=1S/C53H83NO13/c1-32-18-14-13-15-19-33(2)44(64-10)30-40(55)23-21-38(7)52(8,63)49(60)50(61)54-25-17-16-20-41(54)51(62)67-45(35(4)28-39-22-24-42(56)46(29-39)65-11)31-43(57)34(3)27-37(6)48(59)53(9,66-12)47(58)36(5)26-32/h13-15,18-19,27,32,34-35,38-42,44-46,48,55-56,59,63H,5,16-17,20-26,28-31H2,1-4,6-12H3/b15-13+,18-14?,33-19+,37-27+/t32-,34-,35-,38-,39+,40+,41?,42-,44+,45+,46-,48-,52+,53-/m1/s1. The number of piperidine rings is 1. The molecule has 0 spiro atoms. The summed E-state index contributed by atoms with van der Waals surface area (Å²) in [6.07, 6.45) is 10.8. The van der Waals surface area contributed by atoms with Crippen LogP contribution < -0.4 is 0 Å². The predicted molar refractivity (Wildman–Crippen MR) is 257 cm³/mol. The first-order valence-corrected chi connectivity index (χ1v) is 24.3. The first-order valence-electron chi connectivity index (χ1n) is 24.3. The third kappa shape index (κ3) is 15.7. The molecule has 4 N–H and O–H groups in total. The first-order chi connectivity index (χ1) is 31.4. The van der Waals surface area contributed by atoms with E-state index in [1.165, 1.54) is 25.9 Å². The molecule has 1 aliphatic carbocycles. The van der Waals surface area contributed by atoms with Crippen LogP contribution in [0.5, 0.6) is 0 Å². The van der Waals surface area contributed by atoms with Crippen molar-refractivity contribution in [3.8, 4) is 0 Å². The lowest BCUT2D eigenvalue weighted by molar-refractivity contribution is -0.169. The molecular weight excluding hydrogens is 859 g/mol. The molecule has 14 heteroatoms. The number of cyclic esters (lactones) is 1. The molecule has 0 aromatic rings. The summed E-state index contributed by atoms with van der Waals surface area (Å²) >= 11 is 0. The highest BCUT2D eigenvalue weighted by molar-refractivity contribution is 6.39. The van der Waals surface area contributed by atoms with Crippen LogP contribution in [0, 0.1) is 29.6 Å². The van der Waals surface area contributed by atoms with Gasteiger partial charge in [-0.2, -0.15) is 0 Å². The minimum atomic E-state index is -2.11. The number of aliphatic hydroxyl groups excluding tert-OH is 3. The molecule has 1 saturated heterocycles. The summed E-state index contributed by atoms with van der Waals surface area (Å²) in [6, 6.07) is -1.14. The van der Waals surface area contributed by atoms with E-state index in [0.29, 0.717) is 50.5 Å². The largest absolute Gasteiger partial charge is 0.460 e. The molecule has 2 heterocycles. The molecule has 0 aromatic carbocycles. The Morgan fingerprint density at radius 1 is 0.851 bits per heavy atom. The van der Waals surface area contributed by atoms with Gasteiger partial charge in [0.25, 0.3) is 11.7 Å². The normalized spacial score (nSPS) is 38.7. The lowest BCUT2D eigenvalue weighted by Crippen LogP contribution is -2.57. The topological polar surface area (TPSA) is 206 Å². The number of ether oxygens (including phenoxy) is 4. The Labute approximate surface area is 399 Å². The van der Waals surface area contributed by atoms with Crippen molar-refractivity contribution in [3.05, 3.63) is 59.8 Å². The zero-order chi connectivity index (χ0) is 50.4. The molecule has 0 aromatic heterocycles. The maximum Gasteiger partial charge on any atom is 0.329 e. The number of Topliss-reactive ketones (excluding diaryl/α,β-unsaturated/α-hetero) is 3. The molecule has 1 amide bonds. The highest BCUT2D eigenvalue weighted by Crippen LogP contribution is 2.35. The lowest BCUT2D eigenvalue weighted by atomic mass is 9.78. The molecular formula is C53H83NO13. The van der Waals surface area contributed by atoms with Crippen molar-refractivity contribution >= 4 is 29.2 Å². The number of hydrogen-bond donors (Lipinski definition) is 4. The van der Waals surface area contributed by atoms with Crippen molar-refractivity contribution in [2.24, 2.45) is 29.6 Å². The van der Waals surface area contributed by atoms with Crippen LogP contribution in [-0.2, 0) is 42.9 Å². The highest BCUT2D eigenvalue weighted by atomic mass is 16.5. The Kier molecular flexibility index (Phi) is 22.7. The maximum absolute atomic E-state index is 14.3. The van der Waals surface area contributed by atoms with E-state index in [9.17, 15) is 44.4 Å². The minimum Gasteiger partial charge on any atom is -0.460 e. The molecule has 14 atom stereocenters. The van der Waals surface area contributed by atoms with Gasteiger partial charge in [0.05, 0.1) is 24.4 Å². The molecule has 3 rings (SSSR count). The van der Waals surface area contributed by atoms with Gasteiger partial charge in [0, 0.05) is 46.6 Å². The van der Waals surface area contributed by atoms with Crippen LogP contribution in [0.3, 0.4) is 0 Å². The number of carbonyl (C=O) groups is 5. The second-order valence-corrected chi connectivity index (χ2v) is 20.2. The average Bonchev–Trinajstić information content (AvgIpc) is 3.30. The Bertz CT molecular complexity index is 1830. The van der Waals surface area contributed by atoms with Gasteiger partial charge in [0.1, 0.15) is 29.6 Å². The second kappa shape index (κ2) is 26.4. The fourth-order valence-corrected chi connectivity index (χ4v) is 9.73. The van der Waals surface area contributed by atoms with E-state index in [0.717, 1.165) is 5.57 Å². The molecule has 1 saturated carbocycles. The summed E-state index contributed by atoms with van der Waals surface area (Å²) in [5.74, 6) is -5.47. The summed E-state index contributed by atoms with van der Waals surface area (Å²) < 4.78 is 23.2. The van der Waals surface area contributed by atoms with Gasteiger partial charge in [-0.15, -0.1) is 0 Å². The number of esters is 1. The van der Waals surface area contributed by atoms with Crippen molar-refractivity contribution < 1.29 is 63.3 Å². The highest BCUT2D eigenvalue weighted by Gasteiger charge is 2.47. The summed E-state index contributed by atoms with van der Waals surface area (Å²) in [4.78, 5) is 71.5. The molecule has 378 valence electrons. The smallest absolute Gasteiger partial charge is 0.329 e. The summed E-state index contributed by atoms with van der Waals surface area (Å²) in [5, 5.41) is 44.8. The minimum absolute atomic E-state index is 0.0882. The number of fused-ring (bicyclic) bond motifs is 1. The third-order valence-electron chi connectivity index (χ3n) is 14.8. The zero-order valence-electron chi connectivity index (χ0n) is 42.2. The third-order valence-corrected chi connectivity index (χ3v) is 14.8. The van der Waals surface area contributed by atoms with Gasteiger partial charge in [0.15, 0.2) is 11.4 Å². The number of ketones is 3. The Morgan fingerprint density at radius 3 is 2.18 bits per heavy atom. The molecule has 2 aliphatic heterocycles. The molecule has 3 aliphatic rings. The van der Waals surface area contributed by atoms with Crippen LogP contribution in [0.25, 0.3) is 0 Å². The summed E-state index contributed by atoms with van der Waals surface area (Å²) in [5.41, 5.74) is -2.38. The van der Waals surface area contributed by atoms with Crippen molar-refractivity contribution in [2.45, 2.75) is 186 Å². The van der Waals surface area contributed by atoms with Crippen molar-refractivity contribution in [2.75, 3.05) is 27.9 Å². The van der Waals surface area contributed by atoms with Gasteiger partial charge < -0.3 is 44.3 Å². The monoisotopic (exact) mass is 942 g/mol. The molecule has 1 unspecified atom stereocenters. The number of nitrogens with zero attached hydrogens (tertiary/aromatic N) is 1. The molecule has 0 radical (unpaired) electrons. The van der Waals surface area contributed by atoms with Gasteiger partial charge in [-0.05, 0) is 132 Å². The van der Waals surface area contributed by atoms with E-state index in [-0.39, 0.29) is 73.9 Å². The Balaban J connectivity index is 2.04. The van der Waals surface area contributed by atoms with E-state index in [1.807, 2.05) is 51.2 Å². The van der Waals surface area contributed by atoms with Gasteiger partial charge in [0.2, 0.25) is 0 Å². The van der Waals surface area contributed by atoms with Crippen LogP contribution in [0.15, 0.2) is 59.8 Å². The second-order valence-electron chi connectivity index (χ2n) is 20.2. The number of aliphatic hydroxyl groups is 4. The van der Waals surface area contributed by atoms with E-state index in [2.05, 4.69) is 6.58 Å². The van der Waals surface area contributed by atoms with Crippen molar-refractivity contribution in [3.63, 3.8) is 0 Å². The van der Waals surface area contributed by atoms with Crippen LogP contribution in [0.4, 0.5) is 0 Å². The number of amides is 1. The molecule has 67 heavy (non-hydrogen) atoms. The molecule has 2 fully saturated rings. The van der Waals surface area contributed by atoms with Gasteiger partial charge in [-0.1, -0.05) is 70.7 Å². The van der Waals surface area contributed by atoms with Gasteiger partial charge in [-0.3, -0.25) is 19.2 Å². The van der Waals surface area contributed by atoms with Crippen molar-refractivity contribution in [1.29, 1.82) is 0 Å². The van der Waals surface area contributed by atoms with Crippen molar-refractivity contribution in [1.82, 2.24) is 4.90 Å². The fourth-order valence-electron chi connectivity index (χ4n) is 9.73. The van der Waals surface area contributed by atoms with Crippen LogP contribution >= 0.6 is 0 Å². The van der Waals surface area contributed by atoms with Crippen LogP contribution in [-0.4, -0.2) is 136 Å². The quantitative estimate of drug-likeness (QED) is 0.0971. The van der Waals surface area contributed by atoms with Crippen LogP contribution in [0.2, 0.25) is 0 Å². The molecule has 0 bridgehead atoms. The number of carbonyl (C=O) groups excluding carboxylic acids is 5. The number of allylic oxidation sites excluding steroid dienone is 6. The fraction of sp³-hybridized carbons (Fsp3) is 0.717. The van der Waals surface area contributed by atoms with Gasteiger partial charge in [-0.25, -0.2) is 4.79 Å². The average molecular weight is 942 g/mol. The Hall–Kier alpha value is -3.63. The summed E-state index contributed by atoms with van der Waals surface area (Å²) in [7, 11) is 4.45. The first kappa shape index (κ1) is 57.7. The van der Waals surface area contributed by atoms with E-state index >= 15 is 0 Å². The Morgan fingerprint density at radius 2 is 1.54 bits per heavy atom. The summed E-state index contributed by atoms with van der Waals surface area (Å²) in [6.45, 7) is 17.6. The van der Waals surface area contributed by atoms with Crippen LogP contribution in [0.1, 0.15) is 132 Å². The van der Waals surface area contributed by atoms with E-state index < -0.39 is 83.0 Å².